The van der Waals surface area contributed by atoms with Crippen LogP contribution < -0.4 is 9.62 Å². The van der Waals surface area contributed by atoms with E-state index >= 15 is 0 Å². The summed E-state index contributed by atoms with van der Waals surface area (Å²) in [7, 11) is -3.61. The van der Waals surface area contributed by atoms with Crippen molar-refractivity contribution in [2.24, 2.45) is 0 Å². The number of benzene rings is 2. The maximum atomic E-state index is 13.3. The van der Waals surface area contributed by atoms with Crippen molar-refractivity contribution in [3.63, 3.8) is 0 Å². The molecular weight excluding hydrogens is 545 g/mol. The van der Waals surface area contributed by atoms with E-state index in [9.17, 15) is 18.0 Å². The minimum Gasteiger partial charge on any atom is -0.354 e. The van der Waals surface area contributed by atoms with Crippen LogP contribution in [0.2, 0.25) is 15.1 Å². The van der Waals surface area contributed by atoms with Crippen molar-refractivity contribution in [3.05, 3.63) is 62.6 Å². The second kappa shape index (κ2) is 13.5. The van der Waals surface area contributed by atoms with Crippen molar-refractivity contribution < 1.29 is 18.0 Å². The van der Waals surface area contributed by atoms with Crippen molar-refractivity contribution >= 4 is 62.3 Å². The molecule has 2 rings (SSSR count). The van der Waals surface area contributed by atoms with E-state index < -0.39 is 16.1 Å². The summed E-state index contributed by atoms with van der Waals surface area (Å²) in [6.45, 7) is 6.09. The van der Waals surface area contributed by atoms with Crippen LogP contribution >= 0.6 is 34.8 Å². The molecule has 7 nitrogen and oxygen atoms in total. The fraction of sp³-hybridized carbons (Fsp3) is 0.440. The lowest BCUT2D eigenvalue weighted by Crippen LogP contribution is -2.47. The fourth-order valence-corrected chi connectivity index (χ4v) is 5.17. The number of halogens is 3. The smallest absolute Gasteiger partial charge is 0.242 e. The van der Waals surface area contributed by atoms with Crippen molar-refractivity contribution in [2.45, 2.75) is 52.6 Å². The number of anilines is 1. The molecular formula is C25H32Cl3N3O4S. The van der Waals surface area contributed by atoms with Gasteiger partial charge in [-0.15, -0.1) is 0 Å². The molecule has 0 saturated heterocycles. The predicted molar refractivity (Wildman–Crippen MR) is 147 cm³/mol. The van der Waals surface area contributed by atoms with E-state index in [0.717, 1.165) is 18.2 Å². The summed E-state index contributed by atoms with van der Waals surface area (Å²) in [4.78, 5) is 27.5. The highest BCUT2D eigenvalue weighted by atomic mass is 35.5. The molecule has 1 N–H and O–H groups in total. The molecule has 0 fully saturated rings. The molecule has 36 heavy (non-hydrogen) atoms. The van der Waals surface area contributed by atoms with Gasteiger partial charge in [-0.1, -0.05) is 53.9 Å². The van der Waals surface area contributed by atoms with Crippen LogP contribution in [0, 0.1) is 6.92 Å². The van der Waals surface area contributed by atoms with Crippen molar-refractivity contribution in [3.8, 4) is 0 Å². The van der Waals surface area contributed by atoms with Gasteiger partial charge in [-0.3, -0.25) is 13.9 Å². The third-order valence-corrected chi connectivity index (χ3v) is 8.04. The molecule has 0 unspecified atom stereocenters. The van der Waals surface area contributed by atoms with Gasteiger partial charge in [0.2, 0.25) is 21.8 Å². The molecule has 11 heteroatoms. The quantitative estimate of drug-likeness (QED) is 0.364. The molecule has 2 aromatic carbocycles. The molecule has 2 amide bonds. The summed E-state index contributed by atoms with van der Waals surface area (Å²) < 4.78 is 26.3. The van der Waals surface area contributed by atoms with Crippen molar-refractivity contribution in [1.29, 1.82) is 0 Å². The molecule has 0 radical (unpaired) electrons. The van der Waals surface area contributed by atoms with Gasteiger partial charge in [-0.05, 0) is 62.1 Å². The number of carbonyl (C=O) groups is 2. The van der Waals surface area contributed by atoms with Crippen LogP contribution in [0.25, 0.3) is 0 Å². The largest absolute Gasteiger partial charge is 0.354 e. The van der Waals surface area contributed by atoms with Gasteiger partial charge >= 0.3 is 0 Å². The van der Waals surface area contributed by atoms with Crippen LogP contribution in [0.4, 0.5) is 5.69 Å². The molecule has 0 saturated carbocycles. The lowest BCUT2D eigenvalue weighted by Gasteiger charge is -2.29. The standard InChI is InChI=1S/C25H32Cl3N3O4S/c1-5-13-29-25(33)18(3)30(16-19-11-12-21(27)22(28)15-19)24(32)10-7-14-31(36(4,34)35)23-9-6-8-20(26)17(23)2/h6,8-9,11-12,15,18H,5,7,10,13-14,16H2,1-4H3,(H,29,33)/t18-/m0/s1. The monoisotopic (exact) mass is 575 g/mol. The van der Waals surface area contributed by atoms with Gasteiger partial charge in [0.25, 0.3) is 0 Å². The third-order valence-electron chi connectivity index (χ3n) is 5.71. The number of nitrogens with one attached hydrogen (secondary N) is 1. The summed E-state index contributed by atoms with van der Waals surface area (Å²) in [6, 6.07) is 9.37. The van der Waals surface area contributed by atoms with Gasteiger partial charge in [0.15, 0.2) is 0 Å². The highest BCUT2D eigenvalue weighted by Gasteiger charge is 2.27. The minimum atomic E-state index is -3.61. The van der Waals surface area contributed by atoms with Gasteiger partial charge in [0.1, 0.15) is 6.04 Å². The van der Waals surface area contributed by atoms with E-state index in [4.69, 9.17) is 34.8 Å². The zero-order chi connectivity index (χ0) is 27.0. The number of hydrogen-bond acceptors (Lipinski definition) is 4. The fourth-order valence-electron chi connectivity index (χ4n) is 3.66. The lowest BCUT2D eigenvalue weighted by atomic mass is 10.1. The Morgan fingerprint density at radius 2 is 1.75 bits per heavy atom. The Kier molecular flexibility index (Phi) is 11.3. The van der Waals surface area contributed by atoms with Gasteiger partial charge in [0.05, 0.1) is 22.0 Å². The molecule has 0 aliphatic heterocycles. The molecule has 0 aliphatic rings. The van der Waals surface area contributed by atoms with Crippen LogP contribution in [0.15, 0.2) is 36.4 Å². The average molecular weight is 577 g/mol. The molecule has 0 spiro atoms. The van der Waals surface area contributed by atoms with E-state index in [2.05, 4.69) is 5.32 Å². The van der Waals surface area contributed by atoms with Crippen molar-refractivity contribution in [2.75, 3.05) is 23.7 Å². The number of rotatable bonds is 12. The van der Waals surface area contributed by atoms with E-state index in [1.807, 2.05) is 6.92 Å². The number of carbonyl (C=O) groups excluding carboxylic acids is 2. The third kappa shape index (κ3) is 8.26. The second-order valence-corrected chi connectivity index (χ2v) is 11.7. The number of sulfonamides is 1. The topological polar surface area (TPSA) is 86.8 Å². The maximum Gasteiger partial charge on any atom is 0.242 e. The first-order chi connectivity index (χ1) is 16.9. The molecule has 0 bridgehead atoms. The van der Waals surface area contributed by atoms with E-state index in [1.54, 1.807) is 50.2 Å². The average Bonchev–Trinajstić information content (AvgIpc) is 2.81. The summed E-state index contributed by atoms with van der Waals surface area (Å²) in [6.07, 6.45) is 2.17. The summed E-state index contributed by atoms with van der Waals surface area (Å²) >= 11 is 18.4. The summed E-state index contributed by atoms with van der Waals surface area (Å²) in [5.41, 5.74) is 1.83. The molecule has 0 heterocycles. The molecule has 0 aromatic heterocycles. The normalized spacial score (nSPS) is 12.2. The first kappa shape index (κ1) is 30.2. The van der Waals surface area contributed by atoms with Crippen LogP contribution in [-0.4, -0.2) is 50.5 Å². The van der Waals surface area contributed by atoms with Gasteiger partial charge in [-0.25, -0.2) is 8.42 Å². The first-order valence-electron chi connectivity index (χ1n) is 11.6. The first-order valence-corrected chi connectivity index (χ1v) is 14.6. The predicted octanol–water partition coefficient (Wildman–Crippen LogP) is 5.44. The van der Waals surface area contributed by atoms with Crippen LogP contribution in [-0.2, 0) is 26.2 Å². The van der Waals surface area contributed by atoms with Gasteiger partial charge in [-0.2, -0.15) is 0 Å². The van der Waals surface area contributed by atoms with Crippen molar-refractivity contribution in [1.82, 2.24) is 10.2 Å². The second-order valence-electron chi connectivity index (χ2n) is 8.56. The lowest BCUT2D eigenvalue weighted by molar-refractivity contribution is -0.140. The highest BCUT2D eigenvalue weighted by Crippen LogP contribution is 2.29. The summed E-state index contributed by atoms with van der Waals surface area (Å²) in [5.74, 6) is -0.547. The van der Waals surface area contributed by atoms with E-state index in [0.29, 0.717) is 32.9 Å². The van der Waals surface area contributed by atoms with E-state index in [1.165, 1.54) is 9.21 Å². The van der Waals surface area contributed by atoms with Gasteiger partial charge in [0, 0.05) is 31.1 Å². The number of hydrogen-bond donors (Lipinski definition) is 1. The molecule has 0 aliphatic carbocycles. The SMILES string of the molecule is CCCNC(=O)[C@H](C)N(Cc1ccc(Cl)c(Cl)c1)C(=O)CCCN(c1cccc(Cl)c1C)S(C)(=O)=O. The number of nitrogens with zero attached hydrogens (tertiary/aromatic N) is 2. The Morgan fingerprint density at radius 1 is 1.06 bits per heavy atom. The molecule has 198 valence electrons. The Morgan fingerprint density at radius 3 is 2.36 bits per heavy atom. The van der Waals surface area contributed by atoms with Crippen LogP contribution in [0.3, 0.4) is 0 Å². The van der Waals surface area contributed by atoms with Gasteiger partial charge < -0.3 is 10.2 Å². The van der Waals surface area contributed by atoms with Crippen LogP contribution in [0.1, 0.15) is 44.2 Å². The number of amides is 2. The molecule has 2 aromatic rings. The van der Waals surface area contributed by atoms with Crippen LogP contribution in [0.5, 0.6) is 0 Å². The Balaban J connectivity index is 2.21. The Bertz CT molecular complexity index is 1190. The summed E-state index contributed by atoms with van der Waals surface area (Å²) in [5, 5.41) is 4.02. The Labute approximate surface area is 228 Å². The zero-order valence-electron chi connectivity index (χ0n) is 20.9. The Hall–Kier alpha value is -2.00. The zero-order valence-corrected chi connectivity index (χ0v) is 23.9. The maximum absolute atomic E-state index is 13.3. The van der Waals surface area contributed by atoms with E-state index in [-0.39, 0.29) is 37.7 Å². The minimum absolute atomic E-state index is 0.0400. The highest BCUT2D eigenvalue weighted by molar-refractivity contribution is 7.92. The molecule has 1 atom stereocenters.